The molecule has 0 aliphatic rings. The maximum absolute atomic E-state index is 5.81. The standard InChI is InChI=1S/C13H22N2OS/c1-3-5-6-10-17-12-8-7-11(14)13(15-12)16-9-4-2/h7-8H,3-6,9-10,14H2,1-2H3. The van der Waals surface area contributed by atoms with Crippen molar-refractivity contribution in [2.45, 2.75) is 44.6 Å². The number of nitrogens with two attached hydrogens (primary N) is 1. The van der Waals surface area contributed by atoms with E-state index in [0.29, 0.717) is 18.2 Å². The molecule has 1 aromatic rings. The van der Waals surface area contributed by atoms with Gasteiger partial charge in [-0.15, -0.1) is 11.8 Å². The summed E-state index contributed by atoms with van der Waals surface area (Å²) in [4.78, 5) is 4.42. The highest BCUT2D eigenvalue weighted by atomic mass is 32.2. The van der Waals surface area contributed by atoms with E-state index in [4.69, 9.17) is 10.5 Å². The van der Waals surface area contributed by atoms with Crippen LogP contribution in [0.3, 0.4) is 0 Å². The first kappa shape index (κ1) is 14.2. The van der Waals surface area contributed by atoms with Gasteiger partial charge in [0, 0.05) is 0 Å². The lowest BCUT2D eigenvalue weighted by molar-refractivity contribution is 0.305. The zero-order valence-corrected chi connectivity index (χ0v) is 11.6. The first-order chi connectivity index (χ1) is 8.27. The summed E-state index contributed by atoms with van der Waals surface area (Å²) in [6, 6.07) is 3.84. The Morgan fingerprint density at radius 3 is 2.76 bits per heavy atom. The molecule has 0 fully saturated rings. The summed E-state index contributed by atoms with van der Waals surface area (Å²) in [5.74, 6) is 1.69. The summed E-state index contributed by atoms with van der Waals surface area (Å²) in [5, 5.41) is 1.00. The van der Waals surface area contributed by atoms with Crippen LogP contribution in [0, 0.1) is 0 Å². The average molecular weight is 254 g/mol. The van der Waals surface area contributed by atoms with Crippen molar-refractivity contribution in [1.82, 2.24) is 4.98 Å². The third-order valence-corrected chi connectivity index (χ3v) is 3.32. The largest absolute Gasteiger partial charge is 0.476 e. The van der Waals surface area contributed by atoms with Gasteiger partial charge in [0.05, 0.1) is 12.3 Å². The van der Waals surface area contributed by atoms with Crippen molar-refractivity contribution in [2.75, 3.05) is 18.1 Å². The zero-order chi connectivity index (χ0) is 12.5. The van der Waals surface area contributed by atoms with E-state index in [-0.39, 0.29) is 0 Å². The van der Waals surface area contributed by atoms with Gasteiger partial charge in [-0.25, -0.2) is 4.98 Å². The predicted octanol–water partition coefficient (Wildman–Crippen LogP) is 3.73. The molecular weight excluding hydrogens is 232 g/mol. The van der Waals surface area contributed by atoms with Gasteiger partial charge in [0.15, 0.2) is 0 Å². The van der Waals surface area contributed by atoms with Crippen molar-refractivity contribution in [3.05, 3.63) is 12.1 Å². The monoisotopic (exact) mass is 254 g/mol. The summed E-state index contributed by atoms with van der Waals surface area (Å²) < 4.78 is 5.50. The van der Waals surface area contributed by atoms with Crippen molar-refractivity contribution < 1.29 is 4.74 Å². The molecule has 0 aromatic carbocycles. The van der Waals surface area contributed by atoms with Gasteiger partial charge in [0.25, 0.3) is 0 Å². The maximum atomic E-state index is 5.81. The lowest BCUT2D eigenvalue weighted by Gasteiger charge is -2.08. The highest BCUT2D eigenvalue weighted by molar-refractivity contribution is 7.99. The van der Waals surface area contributed by atoms with Crippen LogP contribution in [0.1, 0.15) is 39.5 Å². The molecule has 4 heteroatoms. The number of hydrogen-bond donors (Lipinski definition) is 1. The molecule has 96 valence electrons. The minimum atomic E-state index is 0.576. The number of anilines is 1. The Hall–Kier alpha value is -0.900. The number of thioether (sulfide) groups is 1. The first-order valence-electron chi connectivity index (χ1n) is 6.30. The topological polar surface area (TPSA) is 48.1 Å². The Kier molecular flexibility index (Phi) is 6.86. The molecule has 0 atom stereocenters. The Bertz CT molecular complexity index is 331. The van der Waals surface area contributed by atoms with Crippen molar-refractivity contribution in [3.63, 3.8) is 0 Å². The van der Waals surface area contributed by atoms with Gasteiger partial charge >= 0.3 is 0 Å². The molecule has 0 aliphatic heterocycles. The van der Waals surface area contributed by atoms with Crippen LogP contribution in [0.5, 0.6) is 5.88 Å². The van der Waals surface area contributed by atoms with E-state index in [9.17, 15) is 0 Å². The molecule has 1 aromatic heterocycles. The number of nitrogen functional groups attached to an aromatic ring is 1. The smallest absolute Gasteiger partial charge is 0.238 e. The van der Waals surface area contributed by atoms with Gasteiger partial charge < -0.3 is 10.5 Å². The normalized spacial score (nSPS) is 10.5. The fourth-order valence-electron chi connectivity index (χ4n) is 1.36. The first-order valence-corrected chi connectivity index (χ1v) is 7.28. The van der Waals surface area contributed by atoms with Crippen molar-refractivity contribution in [1.29, 1.82) is 0 Å². The van der Waals surface area contributed by atoms with Gasteiger partial charge in [0.2, 0.25) is 5.88 Å². The quantitative estimate of drug-likeness (QED) is 0.567. The van der Waals surface area contributed by atoms with E-state index in [0.717, 1.165) is 17.2 Å². The molecule has 0 unspecified atom stereocenters. The molecule has 0 saturated heterocycles. The summed E-state index contributed by atoms with van der Waals surface area (Å²) >= 11 is 1.77. The third kappa shape index (κ3) is 5.31. The van der Waals surface area contributed by atoms with Gasteiger partial charge in [-0.3, -0.25) is 0 Å². The second kappa shape index (κ2) is 8.23. The molecule has 3 nitrogen and oxygen atoms in total. The molecule has 1 rings (SSSR count). The lowest BCUT2D eigenvalue weighted by atomic mass is 10.3. The van der Waals surface area contributed by atoms with Crippen LogP contribution in [0.15, 0.2) is 17.2 Å². The van der Waals surface area contributed by atoms with Crippen LogP contribution in [0.4, 0.5) is 5.69 Å². The van der Waals surface area contributed by atoms with Crippen molar-refractivity contribution in [2.24, 2.45) is 0 Å². The molecule has 2 N–H and O–H groups in total. The van der Waals surface area contributed by atoms with Gasteiger partial charge in [-0.1, -0.05) is 26.7 Å². The van der Waals surface area contributed by atoms with Crippen molar-refractivity contribution >= 4 is 17.4 Å². The zero-order valence-electron chi connectivity index (χ0n) is 10.7. The summed E-state index contributed by atoms with van der Waals surface area (Å²) in [6.07, 6.45) is 4.73. The van der Waals surface area contributed by atoms with Crippen LogP contribution in [-0.4, -0.2) is 17.3 Å². The lowest BCUT2D eigenvalue weighted by Crippen LogP contribution is -2.01. The SMILES string of the molecule is CCCCCSc1ccc(N)c(OCCC)n1. The predicted molar refractivity (Wildman–Crippen MR) is 74.7 cm³/mol. The highest BCUT2D eigenvalue weighted by Crippen LogP contribution is 2.25. The van der Waals surface area contributed by atoms with Gasteiger partial charge in [0.1, 0.15) is 5.03 Å². The fraction of sp³-hybridized carbons (Fsp3) is 0.615. The molecule has 0 spiro atoms. The number of pyridine rings is 1. The third-order valence-electron chi connectivity index (χ3n) is 2.30. The molecule has 0 aliphatic carbocycles. The molecule has 0 radical (unpaired) electrons. The molecule has 1 heterocycles. The van der Waals surface area contributed by atoms with E-state index >= 15 is 0 Å². The van der Waals surface area contributed by atoms with E-state index in [1.807, 2.05) is 12.1 Å². The van der Waals surface area contributed by atoms with Gasteiger partial charge in [-0.2, -0.15) is 0 Å². The van der Waals surface area contributed by atoms with Crippen molar-refractivity contribution in [3.8, 4) is 5.88 Å². The number of nitrogens with zero attached hydrogens (tertiary/aromatic N) is 1. The minimum Gasteiger partial charge on any atom is -0.476 e. The Balaban J connectivity index is 2.49. The Labute approximate surface area is 108 Å². The van der Waals surface area contributed by atoms with E-state index in [1.54, 1.807) is 11.8 Å². The van der Waals surface area contributed by atoms with Crippen LogP contribution in [-0.2, 0) is 0 Å². The molecule has 0 bridgehead atoms. The summed E-state index contributed by atoms with van der Waals surface area (Å²) in [5.41, 5.74) is 6.43. The maximum Gasteiger partial charge on any atom is 0.238 e. The molecule has 0 saturated carbocycles. The fourth-order valence-corrected chi connectivity index (χ4v) is 2.23. The molecule has 17 heavy (non-hydrogen) atoms. The van der Waals surface area contributed by atoms with E-state index in [2.05, 4.69) is 18.8 Å². The molecular formula is C13H22N2OS. The number of unbranched alkanes of at least 4 members (excludes halogenated alkanes) is 2. The number of hydrogen-bond acceptors (Lipinski definition) is 4. The number of aromatic nitrogens is 1. The van der Waals surface area contributed by atoms with Crippen LogP contribution in [0.2, 0.25) is 0 Å². The number of rotatable bonds is 8. The van der Waals surface area contributed by atoms with Gasteiger partial charge in [-0.05, 0) is 30.7 Å². The summed E-state index contributed by atoms with van der Waals surface area (Å²) in [6.45, 7) is 4.95. The highest BCUT2D eigenvalue weighted by Gasteiger charge is 2.04. The Morgan fingerprint density at radius 1 is 1.24 bits per heavy atom. The minimum absolute atomic E-state index is 0.576. The number of ether oxygens (including phenoxy) is 1. The van der Waals surface area contributed by atoms with Crippen LogP contribution < -0.4 is 10.5 Å². The second-order valence-electron chi connectivity index (χ2n) is 3.95. The average Bonchev–Trinajstić information content (AvgIpc) is 2.35. The Morgan fingerprint density at radius 2 is 2.06 bits per heavy atom. The van der Waals surface area contributed by atoms with E-state index < -0.39 is 0 Å². The summed E-state index contributed by atoms with van der Waals surface area (Å²) in [7, 11) is 0. The van der Waals surface area contributed by atoms with Crippen LogP contribution in [0.25, 0.3) is 0 Å². The van der Waals surface area contributed by atoms with E-state index in [1.165, 1.54) is 19.3 Å². The van der Waals surface area contributed by atoms with Crippen LogP contribution >= 0.6 is 11.8 Å². The molecule has 0 amide bonds. The second-order valence-corrected chi connectivity index (χ2v) is 5.06.